The normalized spacial score (nSPS) is 13.4. The Hall–Kier alpha value is -1.65. The molecular weight excluding hydrogens is 421 g/mol. The van der Waals surface area contributed by atoms with Crippen LogP contribution < -0.4 is 0 Å². The van der Waals surface area contributed by atoms with E-state index in [-0.39, 0.29) is 5.52 Å². The molecule has 0 saturated carbocycles. The summed E-state index contributed by atoms with van der Waals surface area (Å²) >= 11 is 1.99. The number of rotatable bonds is 3. The molecule has 0 N–H and O–H groups in total. The van der Waals surface area contributed by atoms with Crippen molar-refractivity contribution < 1.29 is 17.7 Å². The van der Waals surface area contributed by atoms with Crippen LogP contribution in [0.1, 0.15) is 12.6 Å². The van der Waals surface area contributed by atoms with Crippen molar-refractivity contribution in [2.45, 2.75) is 18.0 Å². The van der Waals surface area contributed by atoms with E-state index in [1.165, 1.54) is 6.20 Å². The number of hydrogen-bond acceptors (Lipinski definition) is 4. The van der Waals surface area contributed by atoms with Gasteiger partial charge < -0.3 is 9.12 Å². The lowest BCUT2D eigenvalue weighted by Crippen LogP contribution is -2.08. The SMILES string of the molecule is CC[S+]([O-])c1cc(Br)cnc1-c1nc2cc(C(F)(F)F)ncc2n1C. The molecule has 0 aromatic carbocycles. The summed E-state index contributed by atoms with van der Waals surface area (Å²) in [4.78, 5) is 12.5. The average molecular weight is 433 g/mol. The number of pyridine rings is 2. The number of aromatic nitrogens is 4. The summed E-state index contributed by atoms with van der Waals surface area (Å²) in [6, 6.07) is 2.58. The fraction of sp³-hybridized carbons (Fsp3) is 0.267. The van der Waals surface area contributed by atoms with E-state index in [0.717, 1.165) is 12.3 Å². The van der Waals surface area contributed by atoms with E-state index in [1.807, 2.05) is 0 Å². The molecule has 0 aliphatic heterocycles. The van der Waals surface area contributed by atoms with Crippen LogP contribution in [-0.2, 0) is 24.4 Å². The van der Waals surface area contributed by atoms with E-state index in [1.54, 1.807) is 24.6 Å². The van der Waals surface area contributed by atoms with E-state index in [9.17, 15) is 17.7 Å². The maximum atomic E-state index is 12.9. The van der Waals surface area contributed by atoms with E-state index in [4.69, 9.17) is 0 Å². The fourth-order valence-corrected chi connectivity index (χ4v) is 3.79. The average Bonchev–Trinajstić information content (AvgIpc) is 2.89. The number of halogens is 4. The molecule has 3 aromatic heterocycles. The van der Waals surface area contributed by atoms with Gasteiger partial charge >= 0.3 is 6.18 Å². The molecule has 0 bridgehead atoms. The van der Waals surface area contributed by atoms with Crippen LogP contribution in [0, 0.1) is 0 Å². The van der Waals surface area contributed by atoms with Crippen LogP contribution in [0.4, 0.5) is 13.2 Å². The predicted molar refractivity (Wildman–Crippen MR) is 91.4 cm³/mol. The number of aryl methyl sites for hydroxylation is 1. The van der Waals surface area contributed by atoms with Gasteiger partial charge in [0.2, 0.25) is 0 Å². The first kappa shape index (κ1) is 18.2. The predicted octanol–water partition coefficient (Wildman–Crippen LogP) is 3.94. The van der Waals surface area contributed by atoms with Crippen LogP contribution in [0.5, 0.6) is 0 Å². The molecule has 0 saturated heterocycles. The monoisotopic (exact) mass is 432 g/mol. The van der Waals surface area contributed by atoms with Crippen molar-refractivity contribution in [3.63, 3.8) is 0 Å². The lowest BCUT2D eigenvalue weighted by molar-refractivity contribution is -0.141. The van der Waals surface area contributed by atoms with Crippen molar-refractivity contribution in [3.05, 3.63) is 34.7 Å². The molecule has 10 heteroatoms. The van der Waals surface area contributed by atoms with Gasteiger partial charge in [0.25, 0.3) is 0 Å². The molecule has 3 heterocycles. The standard InChI is InChI=1S/C15H12BrF3N4OS/c1-3-25(24)11-4-8(16)6-21-13(11)14-22-9-5-12(15(17,18)19)20-7-10(9)23(14)2/h4-7H,3H2,1-2H3. The number of imidazole rings is 1. The Morgan fingerprint density at radius 3 is 2.60 bits per heavy atom. The molecule has 25 heavy (non-hydrogen) atoms. The Balaban J connectivity index is 2.22. The minimum Gasteiger partial charge on any atom is -0.611 e. The second kappa shape index (κ2) is 6.58. The van der Waals surface area contributed by atoms with Crippen molar-refractivity contribution in [1.82, 2.24) is 19.5 Å². The van der Waals surface area contributed by atoms with Crippen molar-refractivity contribution in [3.8, 4) is 11.5 Å². The molecule has 0 fully saturated rings. The summed E-state index contributed by atoms with van der Waals surface area (Å²) in [5, 5.41) is 0. The molecule has 0 radical (unpaired) electrons. The molecule has 3 aromatic rings. The molecule has 3 rings (SSSR count). The fourth-order valence-electron chi connectivity index (χ4n) is 2.37. The van der Waals surface area contributed by atoms with Gasteiger partial charge in [-0.1, -0.05) is 0 Å². The zero-order chi connectivity index (χ0) is 18.4. The smallest absolute Gasteiger partial charge is 0.433 e. The summed E-state index contributed by atoms with van der Waals surface area (Å²) in [6.45, 7) is 1.77. The molecule has 132 valence electrons. The second-order valence-corrected chi connectivity index (χ2v) is 7.81. The van der Waals surface area contributed by atoms with Gasteiger partial charge in [-0.2, -0.15) is 13.2 Å². The Kier molecular flexibility index (Phi) is 4.78. The third kappa shape index (κ3) is 3.38. The van der Waals surface area contributed by atoms with E-state index in [0.29, 0.717) is 32.2 Å². The Morgan fingerprint density at radius 1 is 1.24 bits per heavy atom. The summed E-state index contributed by atoms with van der Waals surface area (Å²) in [6.07, 6.45) is -1.88. The quantitative estimate of drug-likeness (QED) is 0.587. The number of fused-ring (bicyclic) bond motifs is 1. The number of nitrogens with zero attached hydrogens (tertiary/aromatic N) is 4. The highest BCUT2D eigenvalue weighted by Crippen LogP contribution is 2.32. The van der Waals surface area contributed by atoms with Crippen molar-refractivity contribution in [1.29, 1.82) is 0 Å². The van der Waals surface area contributed by atoms with Gasteiger partial charge in [0, 0.05) is 23.8 Å². The second-order valence-electron chi connectivity index (χ2n) is 5.18. The molecule has 0 spiro atoms. The van der Waals surface area contributed by atoms with Crippen LogP contribution in [0.3, 0.4) is 0 Å². The van der Waals surface area contributed by atoms with Gasteiger partial charge in [0.1, 0.15) is 11.4 Å². The van der Waals surface area contributed by atoms with E-state index < -0.39 is 23.0 Å². The third-order valence-corrected chi connectivity index (χ3v) is 5.36. The van der Waals surface area contributed by atoms with Gasteiger partial charge in [0.15, 0.2) is 16.4 Å². The number of alkyl halides is 3. The molecular formula is C15H12BrF3N4OS. The Morgan fingerprint density at radius 2 is 1.96 bits per heavy atom. The van der Waals surface area contributed by atoms with Crippen LogP contribution in [0.25, 0.3) is 22.6 Å². The van der Waals surface area contributed by atoms with Crippen molar-refractivity contribution >= 4 is 38.1 Å². The first-order chi connectivity index (χ1) is 11.7. The molecule has 0 aliphatic rings. The van der Waals surface area contributed by atoms with E-state index >= 15 is 0 Å². The summed E-state index contributed by atoms with van der Waals surface area (Å²) in [7, 11) is 1.65. The summed E-state index contributed by atoms with van der Waals surface area (Å²) in [5.41, 5.74) is -0.0554. The highest BCUT2D eigenvalue weighted by Gasteiger charge is 2.33. The topological polar surface area (TPSA) is 66.7 Å². The van der Waals surface area contributed by atoms with Gasteiger partial charge in [-0.15, -0.1) is 0 Å². The lowest BCUT2D eigenvalue weighted by Gasteiger charge is -2.12. The molecule has 1 atom stereocenters. The van der Waals surface area contributed by atoms with Crippen LogP contribution in [0.2, 0.25) is 0 Å². The third-order valence-electron chi connectivity index (χ3n) is 3.60. The molecule has 5 nitrogen and oxygen atoms in total. The van der Waals surface area contributed by atoms with Crippen molar-refractivity contribution in [2.24, 2.45) is 7.05 Å². The minimum absolute atomic E-state index is 0.151. The van der Waals surface area contributed by atoms with Gasteiger partial charge in [-0.3, -0.25) is 0 Å². The summed E-state index contributed by atoms with van der Waals surface area (Å²) < 4.78 is 53.1. The number of hydrogen-bond donors (Lipinski definition) is 0. The van der Waals surface area contributed by atoms with Crippen LogP contribution in [0.15, 0.2) is 33.9 Å². The van der Waals surface area contributed by atoms with Crippen molar-refractivity contribution in [2.75, 3.05) is 5.75 Å². The Bertz CT molecular complexity index is 944. The molecule has 0 amide bonds. The summed E-state index contributed by atoms with van der Waals surface area (Å²) in [5.74, 6) is 0.718. The first-order valence-electron chi connectivity index (χ1n) is 7.16. The maximum absolute atomic E-state index is 12.9. The zero-order valence-electron chi connectivity index (χ0n) is 13.1. The van der Waals surface area contributed by atoms with Crippen LogP contribution >= 0.6 is 15.9 Å². The highest BCUT2D eigenvalue weighted by molar-refractivity contribution is 9.10. The Labute approximate surface area is 152 Å². The largest absolute Gasteiger partial charge is 0.611 e. The van der Waals surface area contributed by atoms with E-state index in [2.05, 4.69) is 30.9 Å². The van der Waals surface area contributed by atoms with Gasteiger partial charge in [-0.05, 0) is 40.1 Å². The molecule has 0 aliphatic carbocycles. The minimum atomic E-state index is -4.55. The van der Waals surface area contributed by atoms with Gasteiger partial charge in [0.05, 0.1) is 17.2 Å². The van der Waals surface area contributed by atoms with Crippen LogP contribution in [-0.4, -0.2) is 29.8 Å². The zero-order valence-corrected chi connectivity index (χ0v) is 15.5. The lowest BCUT2D eigenvalue weighted by atomic mass is 10.3. The van der Waals surface area contributed by atoms with Gasteiger partial charge in [-0.25, -0.2) is 15.0 Å². The molecule has 1 unspecified atom stereocenters. The maximum Gasteiger partial charge on any atom is 0.433 e. The first-order valence-corrected chi connectivity index (χ1v) is 9.27. The highest BCUT2D eigenvalue weighted by atomic mass is 79.9.